The molecule has 1 aromatic heterocycles. The van der Waals surface area contributed by atoms with Gasteiger partial charge in [0.15, 0.2) is 0 Å². The molecule has 0 bridgehead atoms. The minimum absolute atomic E-state index is 0.0203. The van der Waals surface area contributed by atoms with Crippen LogP contribution < -0.4 is 15.8 Å². The Morgan fingerprint density at radius 1 is 1.35 bits per heavy atom. The number of hydrogen-bond acceptors (Lipinski definition) is 4. The minimum atomic E-state index is -0.0203. The van der Waals surface area contributed by atoms with E-state index in [2.05, 4.69) is 15.5 Å². The first-order valence-corrected chi connectivity index (χ1v) is 7.75. The molecule has 2 rings (SSSR count). The Balaban J connectivity index is 1.91. The zero-order valence-corrected chi connectivity index (χ0v) is 13.8. The first kappa shape index (κ1) is 17.0. The van der Waals surface area contributed by atoms with Crippen molar-refractivity contribution in [1.29, 1.82) is 0 Å². The Bertz CT molecular complexity index is 630. The lowest BCUT2D eigenvalue weighted by Gasteiger charge is -2.13. The number of nitrogens with zero attached hydrogens (tertiary/aromatic N) is 1. The maximum Gasteiger partial charge on any atom is 0.224 e. The Morgan fingerprint density at radius 2 is 2.04 bits per heavy atom. The predicted molar refractivity (Wildman–Crippen MR) is 90.7 cm³/mol. The fourth-order valence-electron chi connectivity index (χ4n) is 2.69. The van der Waals surface area contributed by atoms with Crippen LogP contribution in [0.15, 0.2) is 24.3 Å². The van der Waals surface area contributed by atoms with Crippen LogP contribution in [-0.2, 0) is 4.79 Å². The van der Waals surface area contributed by atoms with Crippen molar-refractivity contribution in [3.63, 3.8) is 0 Å². The summed E-state index contributed by atoms with van der Waals surface area (Å²) in [5.74, 6) is 0.834. The number of anilines is 1. The fourth-order valence-corrected chi connectivity index (χ4v) is 2.69. The van der Waals surface area contributed by atoms with Crippen LogP contribution in [0, 0.1) is 13.8 Å². The third kappa shape index (κ3) is 4.56. The van der Waals surface area contributed by atoms with Crippen molar-refractivity contribution in [1.82, 2.24) is 10.2 Å². The predicted octanol–water partition coefficient (Wildman–Crippen LogP) is 2.50. The molecule has 1 atom stereocenters. The Hall–Kier alpha value is -2.34. The SMILES string of the molecule is Cc1n[nH]c(C)c1C(C)CC(=O)Nc1ccc(OCCN)cc1. The second kappa shape index (κ2) is 7.78. The van der Waals surface area contributed by atoms with Crippen molar-refractivity contribution in [3.8, 4) is 5.75 Å². The van der Waals surface area contributed by atoms with Crippen LogP contribution >= 0.6 is 0 Å². The van der Waals surface area contributed by atoms with Gasteiger partial charge in [-0.25, -0.2) is 0 Å². The summed E-state index contributed by atoms with van der Waals surface area (Å²) in [4.78, 5) is 12.2. The highest BCUT2D eigenvalue weighted by Gasteiger charge is 2.17. The summed E-state index contributed by atoms with van der Waals surface area (Å²) in [5.41, 5.74) is 9.23. The standard InChI is InChI=1S/C17H24N4O2/c1-11(17-12(2)20-21-13(17)3)10-16(22)19-14-4-6-15(7-5-14)23-9-8-18/h4-7,11H,8-10,18H2,1-3H3,(H,19,22)(H,20,21). The van der Waals surface area contributed by atoms with Crippen molar-refractivity contribution >= 4 is 11.6 Å². The number of nitrogens with one attached hydrogen (secondary N) is 2. The monoisotopic (exact) mass is 316 g/mol. The van der Waals surface area contributed by atoms with Crippen molar-refractivity contribution in [3.05, 3.63) is 41.2 Å². The Labute approximate surface area is 136 Å². The van der Waals surface area contributed by atoms with E-state index in [0.29, 0.717) is 19.6 Å². The zero-order chi connectivity index (χ0) is 16.8. The van der Waals surface area contributed by atoms with Gasteiger partial charge in [-0.1, -0.05) is 6.92 Å². The highest BCUT2D eigenvalue weighted by Crippen LogP contribution is 2.25. The number of H-pyrrole nitrogens is 1. The molecule has 1 unspecified atom stereocenters. The number of aromatic amines is 1. The van der Waals surface area contributed by atoms with Crippen LogP contribution in [0.5, 0.6) is 5.75 Å². The summed E-state index contributed by atoms with van der Waals surface area (Å²) in [6.45, 7) is 6.92. The molecule has 1 aromatic carbocycles. The normalized spacial score (nSPS) is 12.0. The number of rotatable bonds is 7. The molecule has 6 nitrogen and oxygen atoms in total. The van der Waals surface area contributed by atoms with E-state index in [1.807, 2.05) is 45.0 Å². The van der Waals surface area contributed by atoms with Crippen LogP contribution in [0.25, 0.3) is 0 Å². The Kier molecular flexibility index (Phi) is 5.76. The molecule has 0 fully saturated rings. The molecular weight excluding hydrogens is 292 g/mol. The third-order valence-corrected chi connectivity index (χ3v) is 3.69. The number of hydrogen-bond donors (Lipinski definition) is 3. The molecule has 0 aliphatic heterocycles. The maximum absolute atomic E-state index is 12.2. The van der Waals surface area contributed by atoms with Gasteiger partial charge in [-0.2, -0.15) is 5.10 Å². The zero-order valence-electron chi connectivity index (χ0n) is 13.8. The van der Waals surface area contributed by atoms with Crippen LogP contribution in [0.4, 0.5) is 5.69 Å². The molecule has 2 aromatic rings. The molecule has 124 valence electrons. The average Bonchev–Trinajstić information content (AvgIpc) is 2.85. The van der Waals surface area contributed by atoms with E-state index < -0.39 is 0 Å². The number of carbonyl (C=O) groups is 1. The topological polar surface area (TPSA) is 93.0 Å². The second-order valence-electron chi connectivity index (χ2n) is 5.66. The molecule has 0 radical (unpaired) electrons. The number of ether oxygens (including phenoxy) is 1. The van der Waals surface area contributed by atoms with Crippen LogP contribution in [0.1, 0.15) is 36.2 Å². The molecule has 1 amide bonds. The smallest absolute Gasteiger partial charge is 0.224 e. The molecule has 6 heteroatoms. The average molecular weight is 316 g/mol. The first-order chi connectivity index (χ1) is 11.0. The highest BCUT2D eigenvalue weighted by molar-refractivity contribution is 5.91. The molecule has 0 saturated carbocycles. The van der Waals surface area contributed by atoms with E-state index in [-0.39, 0.29) is 11.8 Å². The van der Waals surface area contributed by atoms with Gasteiger partial charge in [0.25, 0.3) is 0 Å². The van der Waals surface area contributed by atoms with E-state index in [1.54, 1.807) is 0 Å². The van der Waals surface area contributed by atoms with E-state index in [1.165, 1.54) is 0 Å². The quantitative estimate of drug-likeness (QED) is 0.731. The summed E-state index contributed by atoms with van der Waals surface area (Å²) in [6, 6.07) is 7.28. The van der Waals surface area contributed by atoms with Gasteiger partial charge >= 0.3 is 0 Å². The number of aryl methyl sites for hydroxylation is 2. The number of benzene rings is 1. The molecule has 1 heterocycles. The maximum atomic E-state index is 12.2. The van der Waals surface area contributed by atoms with Gasteiger partial charge in [-0.15, -0.1) is 0 Å². The highest BCUT2D eigenvalue weighted by atomic mass is 16.5. The van der Waals surface area contributed by atoms with Crippen molar-refractivity contribution in [2.45, 2.75) is 33.1 Å². The minimum Gasteiger partial charge on any atom is -0.492 e. The third-order valence-electron chi connectivity index (χ3n) is 3.69. The van der Waals surface area contributed by atoms with Gasteiger partial charge in [0.2, 0.25) is 5.91 Å². The van der Waals surface area contributed by atoms with Crippen LogP contribution in [0.2, 0.25) is 0 Å². The van der Waals surface area contributed by atoms with Gasteiger partial charge in [-0.05, 0) is 49.6 Å². The van der Waals surface area contributed by atoms with E-state index >= 15 is 0 Å². The number of amides is 1. The number of nitrogens with two attached hydrogens (primary N) is 1. The largest absolute Gasteiger partial charge is 0.492 e. The molecule has 0 aliphatic carbocycles. The van der Waals surface area contributed by atoms with Gasteiger partial charge in [0.1, 0.15) is 12.4 Å². The molecule has 0 saturated heterocycles. The Morgan fingerprint density at radius 3 is 2.61 bits per heavy atom. The number of aromatic nitrogens is 2. The molecular formula is C17H24N4O2. The molecule has 4 N–H and O–H groups in total. The lowest BCUT2D eigenvalue weighted by atomic mass is 9.95. The van der Waals surface area contributed by atoms with E-state index in [0.717, 1.165) is 28.4 Å². The summed E-state index contributed by atoms with van der Waals surface area (Å²) < 4.78 is 5.41. The lowest BCUT2D eigenvalue weighted by molar-refractivity contribution is -0.116. The van der Waals surface area contributed by atoms with Gasteiger partial charge in [-0.3, -0.25) is 9.89 Å². The van der Waals surface area contributed by atoms with E-state index in [4.69, 9.17) is 10.5 Å². The van der Waals surface area contributed by atoms with Crippen molar-refractivity contribution < 1.29 is 9.53 Å². The van der Waals surface area contributed by atoms with Gasteiger partial charge in [0, 0.05) is 24.3 Å². The molecule has 0 spiro atoms. The lowest BCUT2D eigenvalue weighted by Crippen LogP contribution is -2.15. The van der Waals surface area contributed by atoms with Gasteiger partial charge < -0.3 is 15.8 Å². The summed E-state index contributed by atoms with van der Waals surface area (Å²) in [6.07, 6.45) is 0.409. The molecule has 23 heavy (non-hydrogen) atoms. The molecule has 0 aliphatic rings. The number of carbonyl (C=O) groups excluding carboxylic acids is 1. The van der Waals surface area contributed by atoms with Crippen LogP contribution in [0.3, 0.4) is 0 Å². The van der Waals surface area contributed by atoms with Gasteiger partial charge in [0.05, 0.1) is 5.69 Å². The summed E-state index contributed by atoms with van der Waals surface area (Å²) in [5, 5.41) is 10.0. The fraction of sp³-hybridized carbons (Fsp3) is 0.412. The van der Waals surface area contributed by atoms with Crippen molar-refractivity contribution in [2.75, 3.05) is 18.5 Å². The summed E-state index contributed by atoms with van der Waals surface area (Å²) >= 11 is 0. The second-order valence-corrected chi connectivity index (χ2v) is 5.66. The van der Waals surface area contributed by atoms with Crippen LogP contribution in [-0.4, -0.2) is 29.3 Å². The van der Waals surface area contributed by atoms with E-state index in [9.17, 15) is 4.79 Å². The summed E-state index contributed by atoms with van der Waals surface area (Å²) in [7, 11) is 0. The van der Waals surface area contributed by atoms with Crippen molar-refractivity contribution in [2.24, 2.45) is 5.73 Å². The first-order valence-electron chi connectivity index (χ1n) is 7.75.